The van der Waals surface area contributed by atoms with Crippen molar-refractivity contribution in [1.29, 1.82) is 0 Å². The third-order valence-corrected chi connectivity index (χ3v) is 4.85. The Bertz CT molecular complexity index is 567. The molecule has 0 aliphatic heterocycles. The fraction of sp³-hybridized carbons (Fsp3) is 0.375. The van der Waals surface area contributed by atoms with Crippen LogP contribution in [0.4, 0.5) is 4.39 Å². The van der Waals surface area contributed by atoms with Gasteiger partial charge in [0.25, 0.3) is 0 Å². The van der Waals surface area contributed by atoms with E-state index in [1.54, 1.807) is 17.4 Å². The summed E-state index contributed by atoms with van der Waals surface area (Å²) in [6.45, 7) is 4.93. The van der Waals surface area contributed by atoms with Gasteiger partial charge in [0.05, 0.1) is 3.79 Å². The third-order valence-electron chi connectivity index (χ3n) is 3.21. The Morgan fingerprint density at radius 3 is 2.70 bits per heavy atom. The van der Waals surface area contributed by atoms with Crippen LogP contribution >= 0.6 is 27.3 Å². The van der Waals surface area contributed by atoms with Crippen LogP contribution in [0.25, 0.3) is 0 Å². The van der Waals surface area contributed by atoms with Crippen LogP contribution in [0.5, 0.6) is 0 Å². The summed E-state index contributed by atoms with van der Waals surface area (Å²) in [5.74, 6) is -0.116. The van der Waals surface area contributed by atoms with Gasteiger partial charge in [-0.25, -0.2) is 4.39 Å². The SMILES string of the molecule is CCCNC(Cc1ccc(Br)s1)c1ccc(C)cc1F. The lowest BCUT2D eigenvalue weighted by molar-refractivity contribution is 0.499. The number of halogens is 2. The van der Waals surface area contributed by atoms with Crippen molar-refractivity contribution in [2.24, 2.45) is 0 Å². The Morgan fingerprint density at radius 2 is 2.10 bits per heavy atom. The zero-order chi connectivity index (χ0) is 14.5. The number of hydrogen-bond acceptors (Lipinski definition) is 2. The molecular formula is C16H19BrFNS. The maximum atomic E-state index is 14.2. The summed E-state index contributed by atoms with van der Waals surface area (Å²) in [6, 6.07) is 9.66. The van der Waals surface area contributed by atoms with E-state index in [1.165, 1.54) is 4.88 Å². The van der Waals surface area contributed by atoms with Gasteiger partial charge in [0, 0.05) is 22.9 Å². The van der Waals surface area contributed by atoms with Crippen LogP contribution in [-0.2, 0) is 6.42 Å². The molecule has 0 aliphatic rings. The Kier molecular flexibility index (Phi) is 5.75. The molecule has 4 heteroatoms. The molecular weight excluding hydrogens is 337 g/mol. The maximum absolute atomic E-state index is 14.2. The number of thiophene rings is 1. The van der Waals surface area contributed by atoms with Gasteiger partial charge in [0.2, 0.25) is 0 Å². The Labute approximate surface area is 132 Å². The number of hydrogen-bond donors (Lipinski definition) is 1. The van der Waals surface area contributed by atoms with Gasteiger partial charge in [-0.3, -0.25) is 0 Å². The summed E-state index contributed by atoms with van der Waals surface area (Å²) in [7, 11) is 0. The van der Waals surface area contributed by atoms with Gasteiger partial charge in [0.1, 0.15) is 5.82 Å². The smallest absolute Gasteiger partial charge is 0.128 e. The van der Waals surface area contributed by atoms with E-state index in [1.807, 2.05) is 25.1 Å². The van der Waals surface area contributed by atoms with Gasteiger partial charge in [-0.05, 0) is 59.6 Å². The molecule has 0 amide bonds. The normalized spacial score (nSPS) is 12.6. The number of benzene rings is 1. The van der Waals surface area contributed by atoms with Gasteiger partial charge < -0.3 is 5.32 Å². The zero-order valence-corrected chi connectivity index (χ0v) is 14.2. The fourth-order valence-corrected chi connectivity index (χ4v) is 3.72. The molecule has 1 heterocycles. The second-order valence-corrected chi connectivity index (χ2v) is 7.49. The molecule has 0 fully saturated rings. The summed E-state index contributed by atoms with van der Waals surface area (Å²) in [4.78, 5) is 1.26. The minimum absolute atomic E-state index is 0.0288. The molecule has 0 spiro atoms. The van der Waals surface area contributed by atoms with Crippen LogP contribution < -0.4 is 5.32 Å². The zero-order valence-electron chi connectivity index (χ0n) is 11.7. The van der Waals surface area contributed by atoms with Crippen molar-refractivity contribution in [3.8, 4) is 0 Å². The first kappa shape index (κ1) is 15.7. The van der Waals surface area contributed by atoms with Crippen molar-refractivity contribution in [2.75, 3.05) is 6.54 Å². The topological polar surface area (TPSA) is 12.0 Å². The van der Waals surface area contributed by atoms with Crippen LogP contribution in [0.2, 0.25) is 0 Å². The van der Waals surface area contributed by atoms with E-state index in [0.29, 0.717) is 0 Å². The molecule has 1 unspecified atom stereocenters. The molecule has 2 rings (SSSR count). The summed E-state index contributed by atoms with van der Waals surface area (Å²) < 4.78 is 15.3. The highest BCUT2D eigenvalue weighted by atomic mass is 79.9. The summed E-state index contributed by atoms with van der Waals surface area (Å²) in [5.41, 5.74) is 1.72. The summed E-state index contributed by atoms with van der Waals surface area (Å²) in [6.07, 6.45) is 1.86. The lowest BCUT2D eigenvalue weighted by Crippen LogP contribution is -2.24. The van der Waals surface area contributed by atoms with Crippen molar-refractivity contribution in [2.45, 2.75) is 32.7 Å². The van der Waals surface area contributed by atoms with Gasteiger partial charge in [-0.15, -0.1) is 11.3 Å². The summed E-state index contributed by atoms with van der Waals surface area (Å²) >= 11 is 5.19. The monoisotopic (exact) mass is 355 g/mol. The first-order valence-corrected chi connectivity index (χ1v) is 8.44. The molecule has 0 bridgehead atoms. The lowest BCUT2D eigenvalue weighted by atomic mass is 10.0. The average Bonchev–Trinajstić information content (AvgIpc) is 2.80. The van der Waals surface area contributed by atoms with Crippen LogP contribution in [0.3, 0.4) is 0 Å². The number of nitrogens with one attached hydrogen (secondary N) is 1. The van der Waals surface area contributed by atoms with Crippen molar-refractivity contribution < 1.29 is 4.39 Å². The first-order valence-electron chi connectivity index (χ1n) is 6.83. The van der Waals surface area contributed by atoms with Crippen LogP contribution in [-0.4, -0.2) is 6.54 Å². The van der Waals surface area contributed by atoms with E-state index in [0.717, 1.165) is 34.3 Å². The number of rotatable bonds is 6. The molecule has 1 aromatic carbocycles. The predicted molar refractivity (Wildman–Crippen MR) is 87.9 cm³/mol. The molecule has 0 radical (unpaired) electrons. The largest absolute Gasteiger partial charge is 0.310 e. The molecule has 1 nitrogen and oxygen atoms in total. The number of aryl methyl sites for hydroxylation is 1. The third kappa shape index (κ3) is 4.14. The molecule has 0 aliphatic carbocycles. The molecule has 0 saturated carbocycles. The van der Waals surface area contributed by atoms with Crippen molar-refractivity contribution in [3.63, 3.8) is 0 Å². The van der Waals surface area contributed by atoms with Crippen molar-refractivity contribution in [1.82, 2.24) is 5.32 Å². The predicted octanol–water partition coefficient (Wildman–Crippen LogP) is 5.24. The van der Waals surface area contributed by atoms with E-state index in [2.05, 4.69) is 34.2 Å². The van der Waals surface area contributed by atoms with E-state index in [4.69, 9.17) is 0 Å². The molecule has 2 aromatic rings. The van der Waals surface area contributed by atoms with Gasteiger partial charge in [0.15, 0.2) is 0 Å². The van der Waals surface area contributed by atoms with Crippen LogP contribution in [0.1, 0.15) is 35.4 Å². The van der Waals surface area contributed by atoms with E-state index >= 15 is 0 Å². The molecule has 1 atom stereocenters. The quantitative estimate of drug-likeness (QED) is 0.746. The highest BCUT2D eigenvalue weighted by Gasteiger charge is 2.16. The highest BCUT2D eigenvalue weighted by Crippen LogP contribution is 2.28. The summed E-state index contributed by atoms with van der Waals surface area (Å²) in [5, 5.41) is 3.46. The average molecular weight is 356 g/mol. The highest BCUT2D eigenvalue weighted by molar-refractivity contribution is 9.11. The van der Waals surface area contributed by atoms with E-state index in [9.17, 15) is 4.39 Å². The van der Waals surface area contributed by atoms with Gasteiger partial charge in [-0.1, -0.05) is 19.1 Å². The van der Waals surface area contributed by atoms with Gasteiger partial charge >= 0.3 is 0 Å². The van der Waals surface area contributed by atoms with Crippen LogP contribution in [0, 0.1) is 12.7 Å². The standard InChI is InChI=1S/C16H19BrFNS/c1-3-8-19-15(10-12-5-7-16(17)20-12)13-6-4-11(2)9-14(13)18/h4-7,9,15,19H,3,8,10H2,1-2H3. The second kappa shape index (κ2) is 7.34. The second-order valence-electron chi connectivity index (χ2n) is 4.94. The van der Waals surface area contributed by atoms with Crippen LogP contribution in [0.15, 0.2) is 34.1 Å². The van der Waals surface area contributed by atoms with Crippen molar-refractivity contribution in [3.05, 3.63) is 55.9 Å². The Balaban J connectivity index is 2.22. The lowest BCUT2D eigenvalue weighted by Gasteiger charge is -2.19. The van der Waals surface area contributed by atoms with Gasteiger partial charge in [-0.2, -0.15) is 0 Å². The molecule has 1 aromatic heterocycles. The molecule has 20 heavy (non-hydrogen) atoms. The Morgan fingerprint density at radius 1 is 1.30 bits per heavy atom. The van der Waals surface area contributed by atoms with Crippen molar-refractivity contribution >= 4 is 27.3 Å². The minimum atomic E-state index is -0.116. The maximum Gasteiger partial charge on any atom is 0.128 e. The molecule has 0 saturated heterocycles. The fourth-order valence-electron chi connectivity index (χ4n) is 2.19. The van der Waals surface area contributed by atoms with E-state index in [-0.39, 0.29) is 11.9 Å². The Hall–Kier alpha value is -0.710. The van der Waals surface area contributed by atoms with E-state index < -0.39 is 0 Å². The first-order chi connectivity index (χ1) is 9.60. The minimum Gasteiger partial charge on any atom is -0.310 e. The molecule has 1 N–H and O–H groups in total. The molecule has 108 valence electrons.